The number of aliphatic hydroxyl groups is 3. The second kappa shape index (κ2) is 14.2. The number of esters is 1. The molecule has 1 aromatic rings. The Hall–Kier alpha value is -1.81. The van der Waals surface area contributed by atoms with Crippen LogP contribution in [0.2, 0.25) is 0 Å². The van der Waals surface area contributed by atoms with E-state index in [1.54, 1.807) is 26.2 Å². The minimum Gasteiger partial charge on any atom is -0.460 e. The van der Waals surface area contributed by atoms with Gasteiger partial charge in [0.15, 0.2) is 0 Å². The predicted molar refractivity (Wildman–Crippen MR) is 136 cm³/mol. The summed E-state index contributed by atoms with van der Waals surface area (Å²) in [6.45, 7) is 7.31. The van der Waals surface area contributed by atoms with Crippen LogP contribution in [0.15, 0.2) is 42.5 Å². The third kappa shape index (κ3) is 7.37. The van der Waals surface area contributed by atoms with Gasteiger partial charge in [0.25, 0.3) is 0 Å². The second-order valence-electron chi connectivity index (χ2n) is 9.81. The molecule has 8 heteroatoms. The Kier molecular flexibility index (Phi) is 12.0. The highest BCUT2D eigenvalue weighted by atomic mass is 16.7. The van der Waals surface area contributed by atoms with Crippen molar-refractivity contribution in [3.8, 4) is 0 Å². The van der Waals surface area contributed by atoms with Crippen molar-refractivity contribution in [2.24, 2.45) is 17.8 Å². The summed E-state index contributed by atoms with van der Waals surface area (Å²) in [6.07, 6.45) is 2.11. The maximum Gasteiger partial charge on any atom is 0.314 e. The van der Waals surface area contributed by atoms with Gasteiger partial charge in [0.2, 0.25) is 5.79 Å². The Morgan fingerprint density at radius 2 is 1.86 bits per heavy atom. The van der Waals surface area contributed by atoms with E-state index in [1.807, 2.05) is 37.3 Å². The first kappa shape index (κ1) is 30.4. The van der Waals surface area contributed by atoms with Crippen molar-refractivity contribution >= 4 is 5.97 Å². The molecule has 36 heavy (non-hydrogen) atoms. The first-order chi connectivity index (χ1) is 17.1. The summed E-state index contributed by atoms with van der Waals surface area (Å²) in [7, 11) is 2.94. The SMILES string of the molecule is CCCC[C@H](OC)[C@H](O)/C=C/[C@H](C)[C@@H]1O[C@](O)([C@H](C)C(=O)OCc2ccccc2)[C@H](OC)[C@@H](O)[C@@H]1C. The van der Waals surface area contributed by atoms with Crippen molar-refractivity contribution in [1.29, 1.82) is 0 Å². The molecule has 0 unspecified atom stereocenters. The molecule has 0 saturated carbocycles. The fourth-order valence-electron chi connectivity index (χ4n) is 4.73. The zero-order valence-electron chi connectivity index (χ0n) is 22.4. The topological polar surface area (TPSA) is 115 Å². The van der Waals surface area contributed by atoms with Crippen LogP contribution < -0.4 is 0 Å². The molecule has 3 N–H and O–H groups in total. The number of carbonyl (C=O) groups is 1. The van der Waals surface area contributed by atoms with Crippen molar-refractivity contribution in [3.05, 3.63) is 48.0 Å². The number of hydrogen-bond acceptors (Lipinski definition) is 8. The fourth-order valence-corrected chi connectivity index (χ4v) is 4.73. The van der Waals surface area contributed by atoms with Crippen LogP contribution in [0.3, 0.4) is 0 Å². The summed E-state index contributed by atoms with van der Waals surface area (Å²) in [5, 5.41) is 33.2. The number of ether oxygens (including phenoxy) is 4. The fraction of sp³-hybridized carbons (Fsp3) is 0.679. The number of benzene rings is 1. The molecule has 1 aliphatic heterocycles. The van der Waals surface area contributed by atoms with Gasteiger partial charge in [-0.3, -0.25) is 4.79 Å². The largest absolute Gasteiger partial charge is 0.460 e. The van der Waals surface area contributed by atoms with Gasteiger partial charge in [-0.25, -0.2) is 0 Å². The van der Waals surface area contributed by atoms with Gasteiger partial charge in [0.05, 0.1) is 24.4 Å². The molecule has 8 nitrogen and oxygen atoms in total. The lowest BCUT2D eigenvalue weighted by Crippen LogP contribution is -2.66. The summed E-state index contributed by atoms with van der Waals surface area (Å²) in [4.78, 5) is 12.9. The molecule has 1 heterocycles. The predicted octanol–water partition coefficient (Wildman–Crippen LogP) is 3.22. The van der Waals surface area contributed by atoms with Crippen LogP contribution in [-0.2, 0) is 30.3 Å². The van der Waals surface area contributed by atoms with Crippen molar-refractivity contribution in [2.75, 3.05) is 14.2 Å². The van der Waals surface area contributed by atoms with Gasteiger partial charge in [-0.05, 0) is 18.9 Å². The van der Waals surface area contributed by atoms with Gasteiger partial charge in [0, 0.05) is 26.1 Å². The molecule has 9 atom stereocenters. The number of rotatable bonds is 13. The molecule has 0 amide bonds. The zero-order valence-corrected chi connectivity index (χ0v) is 22.4. The quantitative estimate of drug-likeness (QED) is 0.275. The zero-order chi connectivity index (χ0) is 26.9. The third-order valence-electron chi connectivity index (χ3n) is 7.21. The molecule has 2 rings (SSSR count). The first-order valence-corrected chi connectivity index (χ1v) is 12.8. The first-order valence-electron chi connectivity index (χ1n) is 12.8. The summed E-state index contributed by atoms with van der Waals surface area (Å²) < 4.78 is 22.4. The summed E-state index contributed by atoms with van der Waals surface area (Å²) in [5.41, 5.74) is 0.815. The average Bonchev–Trinajstić information content (AvgIpc) is 2.88. The molecular formula is C28H44O8. The molecule has 0 aliphatic carbocycles. The molecule has 1 aliphatic rings. The lowest BCUT2D eigenvalue weighted by molar-refractivity contribution is -0.360. The van der Waals surface area contributed by atoms with Crippen molar-refractivity contribution < 1.29 is 39.1 Å². The maximum absolute atomic E-state index is 12.9. The Labute approximate surface area is 215 Å². The molecule has 0 aromatic heterocycles. The summed E-state index contributed by atoms with van der Waals surface area (Å²) in [5.74, 6) is -4.63. The highest BCUT2D eigenvalue weighted by Gasteiger charge is 2.58. The Morgan fingerprint density at radius 3 is 2.44 bits per heavy atom. The van der Waals surface area contributed by atoms with Crippen molar-refractivity contribution in [2.45, 2.75) is 89.9 Å². The van der Waals surface area contributed by atoms with Gasteiger partial charge < -0.3 is 34.3 Å². The van der Waals surface area contributed by atoms with Crippen LogP contribution in [0, 0.1) is 17.8 Å². The number of unbranched alkanes of at least 4 members (excludes halogenated alkanes) is 1. The van der Waals surface area contributed by atoms with E-state index in [-0.39, 0.29) is 18.6 Å². The van der Waals surface area contributed by atoms with Crippen LogP contribution in [-0.4, -0.2) is 71.8 Å². The van der Waals surface area contributed by atoms with E-state index in [0.29, 0.717) is 0 Å². The highest BCUT2D eigenvalue weighted by molar-refractivity contribution is 5.73. The smallest absolute Gasteiger partial charge is 0.314 e. The van der Waals surface area contributed by atoms with Crippen molar-refractivity contribution in [1.82, 2.24) is 0 Å². The van der Waals surface area contributed by atoms with Gasteiger partial charge in [-0.1, -0.05) is 76.1 Å². The average molecular weight is 509 g/mol. The maximum atomic E-state index is 12.9. The van der Waals surface area contributed by atoms with E-state index < -0.39 is 48.0 Å². The van der Waals surface area contributed by atoms with Crippen LogP contribution in [0.4, 0.5) is 0 Å². The lowest BCUT2D eigenvalue weighted by atomic mass is 9.78. The summed E-state index contributed by atoms with van der Waals surface area (Å²) >= 11 is 0. The molecule has 0 spiro atoms. The molecule has 0 radical (unpaired) electrons. The van der Waals surface area contributed by atoms with E-state index >= 15 is 0 Å². The number of hydrogen-bond donors (Lipinski definition) is 3. The van der Waals surface area contributed by atoms with Gasteiger partial charge >= 0.3 is 5.97 Å². The minimum atomic E-state index is -2.12. The van der Waals surface area contributed by atoms with Gasteiger partial charge in [-0.15, -0.1) is 0 Å². The number of methoxy groups -OCH3 is 2. The van der Waals surface area contributed by atoms with Crippen LogP contribution in [0.1, 0.15) is 52.5 Å². The van der Waals surface area contributed by atoms with E-state index in [0.717, 1.165) is 24.8 Å². The van der Waals surface area contributed by atoms with E-state index in [9.17, 15) is 20.1 Å². The molecule has 204 valence electrons. The van der Waals surface area contributed by atoms with Crippen molar-refractivity contribution in [3.63, 3.8) is 0 Å². The normalized spacial score (nSPS) is 30.0. The third-order valence-corrected chi connectivity index (χ3v) is 7.21. The van der Waals surface area contributed by atoms with Crippen LogP contribution >= 0.6 is 0 Å². The number of aliphatic hydroxyl groups excluding tert-OH is 2. The molecule has 1 fully saturated rings. The molecule has 1 saturated heterocycles. The monoisotopic (exact) mass is 508 g/mol. The summed E-state index contributed by atoms with van der Waals surface area (Å²) in [6, 6.07) is 9.23. The minimum absolute atomic E-state index is 0.0514. The van der Waals surface area contributed by atoms with Gasteiger partial charge in [0.1, 0.15) is 18.6 Å². The second-order valence-corrected chi connectivity index (χ2v) is 9.81. The van der Waals surface area contributed by atoms with E-state index in [4.69, 9.17) is 18.9 Å². The molecular weight excluding hydrogens is 464 g/mol. The van der Waals surface area contributed by atoms with E-state index in [2.05, 4.69) is 6.92 Å². The highest BCUT2D eigenvalue weighted by Crippen LogP contribution is 2.41. The Bertz CT molecular complexity index is 815. The number of carbonyl (C=O) groups excluding carboxylic acids is 1. The van der Waals surface area contributed by atoms with E-state index in [1.165, 1.54) is 14.0 Å². The Morgan fingerprint density at radius 1 is 1.19 bits per heavy atom. The van der Waals surface area contributed by atoms with Crippen LogP contribution in [0.5, 0.6) is 0 Å². The standard InChI is InChI=1S/C28H44O8/c1-7-8-14-23(33-5)22(29)16-15-18(2)25-19(3)24(30)26(34-6)28(32,36-25)20(4)27(31)35-17-21-12-10-9-11-13-21/h9-13,15-16,18-20,22-26,29-30,32H,7-8,14,17H2,1-6H3/b16-15+/t18-,19-,20+,22+,23-,24-,25-,26+,28+/m0/s1. The Balaban J connectivity index is 2.17. The lowest BCUT2D eigenvalue weighted by Gasteiger charge is -2.51. The molecule has 0 bridgehead atoms. The van der Waals surface area contributed by atoms with Gasteiger partial charge in [-0.2, -0.15) is 0 Å². The molecule has 1 aromatic carbocycles. The van der Waals surface area contributed by atoms with Crippen LogP contribution in [0.25, 0.3) is 0 Å².